The van der Waals surface area contributed by atoms with E-state index in [0.29, 0.717) is 24.3 Å². The molecule has 0 fully saturated rings. The SMILES string of the molecule is CCOP(=O)(OCC)c1c(-c2c(OC)ccc3ccccc23)cc2c(c1C)COC2. The van der Waals surface area contributed by atoms with E-state index in [0.717, 1.165) is 38.6 Å². The average Bonchev–Trinajstić information content (AvgIpc) is 3.22. The normalized spacial score (nSPS) is 13.6. The lowest BCUT2D eigenvalue weighted by Gasteiger charge is -2.25. The molecular formula is C24H27O5P. The summed E-state index contributed by atoms with van der Waals surface area (Å²) in [5.41, 5.74) is 4.77. The molecule has 0 amide bonds. The minimum absolute atomic E-state index is 0.288. The van der Waals surface area contributed by atoms with Gasteiger partial charge < -0.3 is 18.5 Å². The van der Waals surface area contributed by atoms with Crippen molar-refractivity contribution in [1.29, 1.82) is 0 Å². The van der Waals surface area contributed by atoms with Crippen LogP contribution in [0.1, 0.15) is 30.5 Å². The number of methoxy groups -OCH3 is 1. The predicted molar refractivity (Wildman–Crippen MR) is 120 cm³/mol. The van der Waals surface area contributed by atoms with Crippen LogP contribution >= 0.6 is 7.60 Å². The van der Waals surface area contributed by atoms with E-state index in [1.54, 1.807) is 7.11 Å². The van der Waals surface area contributed by atoms with Gasteiger partial charge in [0.15, 0.2) is 0 Å². The molecule has 5 nitrogen and oxygen atoms in total. The van der Waals surface area contributed by atoms with Crippen LogP contribution < -0.4 is 10.0 Å². The van der Waals surface area contributed by atoms with Crippen LogP contribution in [0.15, 0.2) is 42.5 Å². The lowest BCUT2D eigenvalue weighted by Crippen LogP contribution is -2.19. The zero-order valence-corrected chi connectivity index (χ0v) is 18.8. The lowest BCUT2D eigenvalue weighted by atomic mass is 9.92. The van der Waals surface area contributed by atoms with E-state index >= 15 is 0 Å². The van der Waals surface area contributed by atoms with Gasteiger partial charge in [-0.05, 0) is 60.4 Å². The van der Waals surface area contributed by atoms with Gasteiger partial charge in [0.1, 0.15) is 5.75 Å². The van der Waals surface area contributed by atoms with E-state index in [2.05, 4.69) is 18.2 Å². The molecule has 0 bridgehead atoms. The first-order valence-electron chi connectivity index (χ1n) is 10.2. The van der Waals surface area contributed by atoms with Crippen molar-refractivity contribution in [2.75, 3.05) is 20.3 Å². The number of ether oxygens (including phenoxy) is 2. The largest absolute Gasteiger partial charge is 0.496 e. The molecule has 158 valence electrons. The fourth-order valence-corrected chi connectivity index (χ4v) is 6.29. The predicted octanol–water partition coefficient (Wildman–Crippen LogP) is 5.75. The molecule has 1 aliphatic rings. The maximum Gasteiger partial charge on any atom is 0.362 e. The molecule has 0 atom stereocenters. The highest BCUT2D eigenvalue weighted by Gasteiger charge is 2.36. The molecule has 0 saturated heterocycles. The van der Waals surface area contributed by atoms with E-state index in [1.807, 2.05) is 45.0 Å². The Morgan fingerprint density at radius 3 is 2.47 bits per heavy atom. The first-order chi connectivity index (χ1) is 14.5. The molecule has 0 spiro atoms. The van der Waals surface area contributed by atoms with Gasteiger partial charge >= 0.3 is 7.60 Å². The molecule has 0 aromatic heterocycles. The molecule has 1 heterocycles. The topological polar surface area (TPSA) is 54.0 Å². The summed E-state index contributed by atoms with van der Waals surface area (Å²) in [6.07, 6.45) is 0. The van der Waals surface area contributed by atoms with Crippen molar-refractivity contribution in [3.05, 3.63) is 59.2 Å². The van der Waals surface area contributed by atoms with Gasteiger partial charge in [0.05, 0.1) is 38.8 Å². The molecule has 0 N–H and O–H groups in total. The molecule has 0 radical (unpaired) electrons. The summed E-state index contributed by atoms with van der Waals surface area (Å²) in [7, 11) is -1.91. The van der Waals surface area contributed by atoms with Gasteiger partial charge in [-0.15, -0.1) is 0 Å². The maximum absolute atomic E-state index is 14.0. The third-order valence-electron chi connectivity index (χ3n) is 5.53. The minimum atomic E-state index is -3.56. The Morgan fingerprint density at radius 2 is 1.77 bits per heavy atom. The number of hydrogen-bond donors (Lipinski definition) is 0. The van der Waals surface area contributed by atoms with Crippen molar-refractivity contribution in [2.24, 2.45) is 0 Å². The van der Waals surface area contributed by atoms with Crippen molar-refractivity contribution in [3.8, 4) is 16.9 Å². The molecule has 3 aromatic rings. The van der Waals surface area contributed by atoms with Crippen LogP contribution in [-0.4, -0.2) is 20.3 Å². The van der Waals surface area contributed by atoms with Crippen molar-refractivity contribution in [1.82, 2.24) is 0 Å². The van der Waals surface area contributed by atoms with Gasteiger partial charge in [-0.2, -0.15) is 0 Å². The van der Waals surface area contributed by atoms with Crippen LogP contribution in [0.25, 0.3) is 21.9 Å². The molecular weight excluding hydrogens is 399 g/mol. The van der Waals surface area contributed by atoms with Gasteiger partial charge in [0, 0.05) is 11.1 Å². The van der Waals surface area contributed by atoms with Gasteiger partial charge in [-0.3, -0.25) is 4.57 Å². The molecule has 0 saturated carbocycles. The summed E-state index contributed by atoms with van der Waals surface area (Å²) in [5.74, 6) is 0.716. The number of rotatable bonds is 7. The molecule has 0 aliphatic carbocycles. The third kappa shape index (κ3) is 3.46. The number of fused-ring (bicyclic) bond motifs is 2. The fourth-order valence-electron chi connectivity index (χ4n) is 4.26. The Morgan fingerprint density at radius 1 is 1.03 bits per heavy atom. The van der Waals surface area contributed by atoms with E-state index in [-0.39, 0.29) is 13.2 Å². The van der Waals surface area contributed by atoms with Crippen molar-refractivity contribution in [3.63, 3.8) is 0 Å². The van der Waals surface area contributed by atoms with E-state index in [4.69, 9.17) is 18.5 Å². The number of benzene rings is 3. The summed E-state index contributed by atoms with van der Waals surface area (Å²) in [4.78, 5) is 0. The van der Waals surface area contributed by atoms with Crippen LogP contribution in [0.4, 0.5) is 0 Å². The van der Waals surface area contributed by atoms with Crippen LogP contribution in [-0.2, 0) is 31.6 Å². The van der Waals surface area contributed by atoms with Crippen molar-refractivity contribution >= 4 is 23.7 Å². The quantitative estimate of drug-likeness (QED) is 0.451. The van der Waals surface area contributed by atoms with Crippen LogP contribution in [0, 0.1) is 6.92 Å². The molecule has 3 aromatic carbocycles. The van der Waals surface area contributed by atoms with Gasteiger partial charge in [-0.1, -0.05) is 30.3 Å². The molecule has 4 rings (SSSR count). The molecule has 6 heteroatoms. The average molecular weight is 426 g/mol. The van der Waals surface area contributed by atoms with Gasteiger partial charge in [0.25, 0.3) is 0 Å². The Bertz CT molecular complexity index is 1130. The highest BCUT2D eigenvalue weighted by molar-refractivity contribution is 7.62. The summed E-state index contributed by atoms with van der Waals surface area (Å²) in [6.45, 7) is 7.25. The second-order valence-electron chi connectivity index (χ2n) is 7.23. The highest BCUT2D eigenvalue weighted by atomic mass is 31.2. The second-order valence-corrected chi connectivity index (χ2v) is 9.18. The molecule has 1 aliphatic heterocycles. The molecule has 30 heavy (non-hydrogen) atoms. The standard InChI is InChI=1S/C24H27O5P/c1-5-28-30(25,29-6-2)24-16(3)21-15-27-14-18(21)13-20(24)23-19-10-8-7-9-17(19)11-12-22(23)26-4/h7-13H,5-6,14-15H2,1-4H3. The van der Waals surface area contributed by atoms with Crippen molar-refractivity contribution < 1.29 is 23.1 Å². The fraction of sp³-hybridized carbons (Fsp3) is 0.333. The third-order valence-corrected chi connectivity index (χ3v) is 7.85. The summed E-state index contributed by atoms with van der Waals surface area (Å²) in [5, 5.41) is 2.71. The minimum Gasteiger partial charge on any atom is -0.496 e. The summed E-state index contributed by atoms with van der Waals surface area (Å²) < 4.78 is 37.1. The van der Waals surface area contributed by atoms with Crippen LogP contribution in [0.5, 0.6) is 5.75 Å². The van der Waals surface area contributed by atoms with Gasteiger partial charge in [0.2, 0.25) is 0 Å². The summed E-state index contributed by atoms with van der Waals surface area (Å²) >= 11 is 0. The Kier molecular flexibility index (Phi) is 5.99. The van der Waals surface area contributed by atoms with E-state index in [9.17, 15) is 4.57 Å². The van der Waals surface area contributed by atoms with Crippen LogP contribution in [0.2, 0.25) is 0 Å². The Labute approximate surface area is 177 Å². The smallest absolute Gasteiger partial charge is 0.362 e. The molecule has 0 unspecified atom stereocenters. The van der Waals surface area contributed by atoms with Crippen molar-refractivity contribution in [2.45, 2.75) is 34.0 Å². The number of hydrogen-bond acceptors (Lipinski definition) is 5. The van der Waals surface area contributed by atoms with E-state index < -0.39 is 7.60 Å². The zero-order chi connectivity index (χ0) is 21.3. The Balaban J connectivity index is 2.13. The summed E-state index contributed by atoms with van der Waals surface area (Å²) in [6, 6.07) is 14.2. The highest BCUT2D eigenvalue weighted by Crippen LogP contribution is 2.53. The first-order valence-corrected chi connectivity index (χ1v) is 11.8. The second kappa shape index (κ2) is 8.52. The van der Waals surface area contributed by atoms with Crippen LogP contribution in [0.3, 0.4) is 0 Å². The maximum atomic E-state index is 14.0. The monoisotopic (exact) mass is 426 g/mol. The Hall–Kier alpha value is -2.17. The van der Waals surface area contributed by atoms with E-state index in [1.165, 1.54) is 0 Å². The zero-order valence-electron chi connectivity index (χ0n) is 17.9. The first kappa shape index (κ1) is 21.1. The van der Waals surface area contributed by atoms with Gasteiger partial charge in [-0.25, -0.2) is 0 Å². The lowest BCUT2D eigenvalue weighted by molar-refractivity contribution is 0.134.